The van der Waals surface area contributed by atoms with Crippen LogP contribution in [-0.2, 0) is 4.79 Å². The molecule has 6 heteroatoms. The summed E-state index contributed by atoms with van der Waals surface area (Å²) in [6.07, 6.45) is 1.92. The van der Waals surface area contributed by atoms with Crippen LogP contribution in [0, 0.1) is 0 Å². The predicted octanol–water partition coefficient (Wildman–Crippen LogP) is 0.412. The molecule has 1 atom stereocenters. The van der Waals surface area contributed by atoms with Crippen LogP contribution in [0.2, 0.25) is 0 Å². The molecule has 2 fully saturated rings. The third-order valence-electron chi connectivity index (χ3n) is 3.75. The van der Waals surface area contributed by atoms with E-state index in [2.05, 4.69) is 17.6 Å². The molecule has 0 aliphatic carbocycles. The number of thioether (sulfide) groups is 1. The molecule has 2 aliphatic rings. The van der Waals surface area contributed by atoms with Gasteiger partial charge in [-0.05, 0) is 26.8 Å². The van der Waals surface area contributed by atoms with Gasteiger partial charge >= 0.3 is 0 Å². The van der Waals surface area contributed by atoms with Gasteiger partial charge in [0.1, 0.15) is 6.04 Å². The molecule has 17 heavy (non-hydrogen) atoms. The lowest BCUT2D eigenvalue weighted by atomic mass is 9.89. The molecule has 2 N–H and O–H groups in total. The average molecular weight is 257 g/mol. The molecule has 0 bridgehead atoms. The molecule has 0 aromatic rings. The second-order valence-electron chi connectivity index (χ2n) is 4.93. The van der Waals surface area contributed by atoms with Gasteiger partial charge in [0.25, 0.3) is 5.24 Å². The van der Waals surface area contributed by atoms with Gasteiger partial charge in [-0.25, -0.2) is 0 Å². The van der Waals surface area contributed by atoms with Crippen LogP contribution in [0.4, 0.5) is 4.79 Å². The molecule has 0 spiro atoms. The number of rotatable bonds is 2. The third-order valence-corrected chi connectivity index (χ3v) is 4.63. The molecule has 2 rings (SSSR count). The van der Waals surface area contributed by atoms with E-state index in [9.17, 15) is 9.59 Å². The van der Waals surface area contributed by atoms with Crippen molar-refractivity contribution in [3.8, 4) is 0 Å². The number of piperidine rings is 1. The summed E-state index contributed by atoms with van der Waals surface area (Å²) in [5, 5.41) is 5.92. The van der Waals surface area contributed by atoms with Crippen LogP contribution in [0.25, 0.3) is 0 Å². The van der Waals surface area contributed by atoms with Crippen LogP contribution in [0.1, 0.15) is 19.8 Å². The Labute approximate surface area is 106 Å². The largest absolute Gasteiger partial charge is 0.341 e. The van der Waals surface area contributed by atoms with Gasteiger partial charge in [0.2, 0.25) is 5.91 Å². The van der Waals surface area contributed by atoms with Crippen molar-refractivity contribution < 1.29 is 9.59 Å². The lowest BCUT2D eigenvalue weighted by Crippen LogP contribution is -2.54. The second kappa shape index (κ2) is 4.86. The van der Waals surface area contributed by atoms with Crippen LogP contribution < -0.4 is 10.6 Å². The fourth-order valence-electron chi connectivity index (χ4n) is 2.21. The zero-order chi connectivity index (χ0) is 12.5. The van der Waals surface area contributed by atoms with E-state index in [1.807, 2.05) is 11.9 Å². The normalized spacial score (nSPS) is 28.0. The highest BCUT2D eigenvalue weighted by Crippen LogP contribution is 2.23. The van der Waals surface area contributed by atoms with Gasteiger partial charge in [0, 0.05) is 24.4 Å². The molecule has 96 valence electrons. The van der Waals surface area contributed by atoms with Crippen molar-refractivity contribution in [2.24, 2.45) is 0 Å². The predicted molar refractivity (Wildman–Crippen MR) is 68.1 cm³/mol. The van der Waals surface area contributed by atoms with Gasteiger partial charge in [-0.2, -0.15) is 0 Å². The van der Waals surface area contributed by atoms with Crippen LogP contribution in [0.5, 0.6) is 0 Å². The Kier molecular flexibility index (Phi) is 3.63. The first kappa shape index (κ1) is 12.7. The van der Waals surface area contributed by atoms with Crippen molar-refractivity contribution in [3.05, 3.63) is 0 Å². The fraction of sp³-hybridized carbons (Fsp3) is 0.818. The third kappa shape index (κ3) is 2.74. The van der Waals surface area contributed by atoms with E-state index >= 15 is 0 Å². The van der Waals surface area contributed by atoms with Crippen molar-refractivity contribution in [2.45, 2.75) is 31.3 Å². The first-order valence-electron chi connectivity index (χ1n) is 5.95. The standard InChI is InChI=1S/C11H19N3O2S/c1-11(12-2)3-5-14(6-4-11)9(15)8-7-17-10(16)13-8/h8,12H,3-7H2,1-2H3,(H,13,16). The molecule has 0 radical (unpaired) electrons. The molecule has 5 nitrogen and oxygen atoms in total. The van der Waals surface area contributed by atoms with Gasteiger partial charge < -0.3 is 15.5 Å². The zero-order valence-corrected chi connectivity index (χ0v) is 11.1. The van der Waals surface area contributed by atoms with E-state index in [0.717, 1.165) is 25.9 Å². The highest BCUT2D eigenvalue weighted by Gasteiger charge is 2.35. The van der Waals surface area contributed by atoms with E-state index in [1.54, 1.807) is 0 Å². The number of amides is 2. The van der Waals surface area contributed by atoms with E-state index < -0.39 is 0 Å². The minimum atomic E-state index is -0.313. The number of carbonyl (C=O) groups excluding carboxylic acids is 2. The minimum absolute atomic E-state index is 0.0708. The Hall–Kier alpha value is -0.750. The van der Waals surface area contributed by atoms with E-state index in [4.69, 9.17) is 0 Å². The van der Waals surface area contributed by atoms with Crippen LogP contribution in [-0.4, -0.2) is 53.5 Å². The molecule has 0 aromatic carbocycles. The summed E-state index contributed by atoms with van der Waals surface area (Å²) in [6, 6.07) is -0.313. The van der Waals surface area contributed by atoms with E-state index in [-0.39, 0.29) is 22.7 Å². The highest BCUT2D eigenvalue weighted by atomic mass is 32.2. The summed E-state index contributed by atoms with van der Waals surface area (Å²) in [7, 11) is 1.96. The van der Waals surface area contributed by atoms with Gasteiger partial charge in [0.05, 0.1) is 0 Å². The number of likely N-dealkylation sites (tertiary alicyclic amines) is 1. The van der Waals surface area contributed by atoms with Crippen LogP contribution in [0.3, 0.4) is 0 Å². The molecular formula is C11H19N3O2S. The fourth-order valence-corrected chi connectivity index (χ4v) is 2.98. The maximum atomic E-state index is 12.1. The number of nitrogens with zero attached hydrogens (tertiary/aromatic N) is 1. The molecule has 2 heterocycles. The Bertz CT molecular complexity index is 327. The Morgan fingerprint density at radius 2 is 2.18 bits per heavy atom. The lowest BCUT2D eigenvalue weighted by molar-refractivity contribution is -0.134. The van der Waals surface area contributed by atoms with Gasteiger partial charge in [-0.1, -0.05) is 11.8 Å². The quantitative estimate of drug-likeness (QED) is 0.752. The summed E-state index contributed by atoms with van der Waals surface area (Å²) in [5.74, 6) is 0.638. The highest BCUT2D eigenvalue weighted by molar-refractivity contribution is 8.14. The monoisotopic (exact) mass is 257 g/mol. The number of hydrogen-bond acceptors (Lipinski definition) is 4. The van der Waals surface area contributed by atoms with Crippen molar-refractivity contribution >= 4 is 22.9 Å². The smallest absolute Gasteiger partial charge is 0.279 e. The van der Waals surface area contributed by atoms with Gasteiger partial charge in [-0.3, -0.25) is 9.59 Å². The topological polar surface area (TPSA) is 61.4 Å². The molecule has 1 unspecified atom stereocenters. The lowest BCUT2D eigenvalue weighted by Gasteiger charge is -2.40. The number of carbonyl (C=O) groups is 2. The minimum Gasteiger partial charge on any atom is -0.341 e. The Morgan fingerprint density at radius 3 is 2.65 bits per heavy atom. The van der Waals surface area contributed by atoms with Crippen LogP contribution >= 0.6 is 11.8 Å². The molecular weight excluding hydrogens is 238 g/mol. The van der Waals surface area contributed by atoms with E-state index in [1.165, 1.54) is 11.8 Å². The molecule has 0 saturated carbocycles. The Balaban J connectivity index is 1.88. The molecule has 2 aliphatic heterocycles. The molecule has 2 amide bonds. The maximum Gasteiger partial charge on any atom is 0.279 e. The van der Waals surface area contributed by atoms with Crippen molar-refractivity contribution in [1.29, 1.82) is 0 Å². The first-order valence-corrected chi connectivity index (χ1v) is 6.94. The summed E-state index contributed by atoms with van der Waals surface area (Å²) in [4.78, 5) is 25.1. The SMILES string of the molecule is CNC1(C)CCN(C(=O)C2CSC(=O)N2)CC1. The summed E-state index contributed by atoms with van der Waals surface area (Å²) < 4.78 is 0. The van der Waals surface area contributed by atoms with Crippen molar-refractivity contribution in [3.63, 3.8) is 0 Å². The molecule has 2 saturated heterocycles. The zero-order valence-electron chi connectivity index (χ0n) is 10.3. The van der Waals surface area contributed by atoms with Crippen LogP contribution in [0.15, 0.2) is 0 Å². The molecule has 0 aromatic heterocycles. The summed E-state index contributed by atoms with van der Waals surface area (Å²) in [6.45, 7) is 3.72. The van der Waals surface area contributed by atoms with Crippen molar-refractivity contribution in [1.82, 2.24) is 15.5 Å². The second-order valence-corrected chi connectivity index (χ2v) is 5.92. The summed E-state index contributed by atoms with van der Waals surface area (Å²) >= 11 is 1.19. The van der Waals surface area contributed by atoms with Gasteiger partial charge in [0.15, 0.2) is 0 Å². The average Bonchev–Trinajstić information content (AvgIpc) is 2.76. The maximum absolute atomic E-state index is 12.1. The van der Waals surface area contributed by atoms with E-state index in [0.29, 0.717) is 5.75 Å². The Morgan fingerprint density at radius 1 is 1.53 bits per heavy atom. The summed E-state index contributed by atoms with van der Waals surface area (Å²) in [5.41, 5.74) is 0.143. The first-order chi connectivity index (χ1) is 8.04. The van der Waals surface area contributed by atoms with Crippen molar-refractivity contribution in [2.75, 3.05) is 25.9 Å². The van der Waals surface area contributed by atoms with Gasteiger partial charge in [-0.15, -0.1) is 0 Å². The number of nitrogens with one attached hydrogen (secondary N) is 2. The number of hydrogen-bond donors (Lipinski definition) is 2.